The number of halogens is 3. The van der Waals surface area contributed by atoms with E-state index in [2.05, 4.69) is 11.4 Å². The third-order valence-electron chi connectivity index (χ3n) is 2.90. The van der Waals surface area contributed by atoms with E-state index in [1.165, 1.54) is 17.5 Å². The first-order valence-electron chi connectivity index (χ1n) is 5.47. The van der Waals surface area contributed by atoms with Crippen LogP contribution in [0.5, 0.6) is 0 Å². The Bertz CT molecular complexity index is 440. The summed E-state index contributed by atoms with van der Waals surface area (Å²) in [5.74, 6) is -0.610. The summed E-state index contributed by atoms with van der Waals surface area (Å²) in [5, 5.41) is 2.68. The van der Waals surface area contributed by atoms with Gasteiger partial charge in [-0.15, -0.1) is 0 Å². The van der Waals surface area contributed by atoms with Crippen LogP contribution in [0.25, 0.3) is 0 Å². The maximum Gasteiger partial charge on any atom is 0.276 e. The van der Waals surface area contributed by atoms with Crippen LogP contribution < -0.4 is 5.32 Å². The summed E-state index contributed by atoms with van der Waals surface area (Å²) >= 11 is 16.6. The molecule has 1 aliphatic rings. The number of benzene rings is 1. The van der Waals surface area contributed by atoms with E-state index in [1.54, 1.807) is 0 Å². The fraction of sp³-hybridized carbons (Fsp3) is 0.417. The lowest BCUT2D eigenvalue weighted by atomic mass is 9.90. The number of rotatable bonds is 1. The Balaban J connectivity index is 2.25. The van der Waals surface area contributed by atoms with Crippen LogP contribution in [0.15, 0.2) is 18.2 Å². The number of alkyl halides is 3. The molecular formula is C12H12Cl3NO. The molecule has 1 aliphatic carbocycles. The van der Waals surface area contributed by atoms with Crippen LogP contribution in [-0.4, -0.2) is 9.70 Å². The molecule has 0 aromatic heterocycles. The van der Waals surface area contributed by atoms with Gasteiger partial charge in [-0.2, -0.15) is 0 Å². The number of carbonyl (C=O) groups excluding carboxylic acids is 1. The quantitative estimate of drug-likeness (QED) is 0.782. The molecule has 0 spiro atoms. The van der Waals surface area contributed by atoms with Crippen LogP contribution >= 0.6 is 34.8 Å². The third kappa shape index (κ3) is 3.06. The van der Waals surface area contributed by atoms with Gasteiger partial charge in [0.1, 0.15) is 0 Å². The summed E-state index contributed by atoms with van der Waals surface area (Å²) in [5.41, 5.74) is 3.21. The van der Waals surface area contributed by atoms with Gasteiger partial charge in [-0.05, 0) is 42.9 Å². The number of carbonyl (C=O) groups is 1. The molecule has 92 valence electrons. The Hall–Kier alpha value is -0.440. The Kier molecular flexibility index (Phi) is 3.86. The lowest BCUT2D eigenvalue weighted by Crippen LogP contribution is -2.27. The highest BCUT2D eigenvalue weighted by molar-refractivity contribution is 6.76. The molecule has 0 atom stereocenters. The molecule has 2 rings (SSSR count). The summed E-state index contributed by atoms with van der Waals surface area (Å²) in [6.45, 7) is 0. The molecule has 1 aromatic carbocycles. The fourth-order valence-electron chi connectivity index (χ4n) is 2.09. The van der Waals surface area contributed by atoms with Gasteiger partial charge in [-0.3, -0.25) is 4.79 Å². The van der Waals surface area contributed by atoms with Crippen LogP contribution in [-0.2, 0) is 17.6 Å². The van der Waals surface area contributed by atoms with Gasteiger partial charge in [0, 0.05) is 5.69 Å². The predicted molar refractivity (Wildman–Crippen MR) is 72.0 cm³/mol. The van der Waals surface area contributed by atoms with Crippen LogP contribution in [0.1, 0.15) is 24.0 Å². The van der Waals surface area contributed by atoms with Crippen molar-refractivity contribution in [3.8, 4) is 0 Å². The van der Waals surface area contributed by atoms with Crippen molar-refractivity contribution < 1.29 is 4.79 Å². The smallest absolute Gasteiger partial charge is 0.276 e. The van der Waals surface area contributed by atoms with Crippen molar-refractivity contribution in [2.24, 2.45) is 0 Å². The molecule has 0 unspecified atom stereocenters. The van der Waals surface area contributed by atoms with E-state index in [0.29, 0.717) is 0 Å². The average Bonchev–Trinajstić information content (AvgIpc) is 2.28. The second-order valence-electron chi connectivity index (χ2n) is 4.10. The van der Waals surface area contributed by atoms with Crippen LogP contribution in [0.4, 0.5) is 5.69 Å². The van der Waals surface area contributed by atoms with Crippen LogP contribution in [0, 0.1) is 0 Å². The molecule has 0 radical (unpaired) electrons. The SMILES string of the molecule is O=C(Nc1cccc2c1CCCC2)C(Cl)(Cl)Cl. The lowest BCUT2D eigenvalue weighted by Gasteiger charge is -2.20. The van der Waals surface area contributed by atoms with Gasteiger partial charge in [0.05, 0.1) is 0 Å². The van der Waals surface area contributed by atoms with Gasteiger partial charge in [0.25, 0.3) is 9.70 Å². The molecule has 0 aliphatic heterocycles. The molecule has 0 heterocycles. The van der Waals surface area contributed by atoms with Gasteiger partial charge < -0.3 is 5.32 Å². The first-order chi connectivity index (χ1) is 7.98. The first-order valence-corrected chi connectivity index (χ1v) is 6.61. The maximum atomic E-state index is 11.6. The fourth-order valence-corrected chi connectivity index (χ4v) is 2.23. The average molecular weight is 293 g/mol. The topological polar surface area (TPSA) is 29.1 Å². The highest BCUT2D eigenvalue weighted by Crippen LogP contribution is 2.31. The number of hydrogen-bond donors (Lipinski definition) is 1. The predicted octanol–water partition coefficient (Wildman–Crippen LogP) is 3.87. The van der Waals surface area contributed by atoms with Crippen LogP contribution in [0.3, 0.4) is 0 Å². The van der Waals surface area contributed by atoms with E-state index in [4.69, 9.17) is 34.8 Å². The minimum atomic E-state index is -1.92. The molecule has 0 saturated carbocycles. The van der Waals surface area contributed by atoms with Gasteiger partial charge in [0.2, 0.25) is 0 Å². The molecule has 1 amide bonds. The Labute approximate surface area is 115 Å². The Morgan fingerprint density at radius 2 is 1.88 bits per heavy atom. The zero-order valence-electron chi connectivity index (χ0n) is 9.10. The number of anilines is 1. The highest BCUT2D eigenvalue weighted by atomic mass is 35.6. The maximum absolute atomic E-state index is 11.6. The molecule has 17 heavy (non-hydrogen) atoms. The Morgan fingerprint density at radius 1 is 1.18 bits per heavy atom. The first kappa shape index (κ1) is 13.0. The number of fused-ring (bicyclic) bond motifs is 1. The monoisotopic (exact) mass is 291 g/mol. The summed E-state index contributed by atoms with van der Waals surface area (Å²) in [6, 6.07) is 5.84. The molecular weight excluding hydrogens is 280 g/mol. The minimum Gasteiger partial charge on any atom is -0.322 e. The van der Waals surface area contributed by atoms with Crippen molar-refractivity contribution in [1.29, 1.82) is 0 Å². The molecule has 0 bridgehead atoms. The van der Waals surface area contributed by atoms with Gasteiger partial charge in [-0.25, -0.2) is 0 Å². The minimum absolute atomic E-state index is 0.610. The lowest BCUT2D eigenvalue weighted by molar-refractivity contribution is -0.115. The van der Waals surface area contributed by atoms with E-state index < -0.39 is 9.70 Å². The van der Waals surface area contributed by atoms with Crippen molar-refractivity contribution in [3.05, 3.63) is 29.3 Å². The van der Waals surface area contributed by atoms with E-state index in [9.17, 15) is 4.79 Å². The summed E-state index contributed by atoms with van der Waals surface area (Å²) in [4.78, 5) is 11.6. The second-order valence-corrected chi connectivity index (χ2v) is 6.38. The second kappa shape index (κ2) is 5.05. The van der Waals surface area contributed by atoms with Crippen molar-refractivity contribution >= 4 is 46.4 Å². The zero-order valence-corrected chi connectivity index (χ0v) is 11.4. The number of hydrogen-bond acceptors (Lipinski definition) is 1. The van der Waals surface area contributed by atoms with E-state index in [-0.39, 0.29) is 0 Å². The van der Waals surface area contributed by atoms with Crippen molar-refractivity contribution in [2.75, 3.05) is 5.32 Å². The van der Waals surface area contributed by atoms with E-state index in [0.717, 1.165) is 24.9 Å². The summed E-state index contributed by atoms with van der Waals surface area (Å²) in [7, 11) is 0. The molecule has 2 nitrogen and oxygen atoms in total. The largest absolute Gasteiger partial charge is 0.322 e. The number of nitrogens with one attached hydrogen (secondary N) is 1. The van der Waals surface area contributed by atoms with Crippen molar-refractivity contribution in [3.63, 3.8) is 0 Å². The van der Waals surface area contributed by atoms with Crippen molar-refractivity contribution in [2.45, 2.75) is 29.5 Å². The summed E-state index contributed by atoms with van der Waals surface area (Å²) < 4.78 is -1.92. The molecule has 1 aromatic rings. The summed E-state index contributed by atoms with van der Waals surface area (Å²) in [6.07, 6.45) is 4.33. The van der Waals surface area contributed by atoms with Gasteiger partial charge in [0.15, 0.2) is 0 Å². The molecule has 0 fully saturated rings. The van der Waals surface area contributed by atoms with Gasteiger partial charge in [-0.1, -0.05) is 46.9 Å². The molecule has 0 saturated heterocycles. The van der Waals surface area contributed by atoms with Gasteiger partial charge >= 0.3 is 0 Å². The van der Waals surface area contributed by atoms with Crippen LogP contribution in [0.2, 0.25) is 0 Å². The molecule has 1 N–H and O–H groups in total. The highest BCUT2D eigenvalue weighted by Gasteiger charge is 2.31. The third-order valence-corrected chi connectivity index (χ3v) is 3.42. The molecule has 5 heteroatoms. The van der Waals surface area contributed by atoms with E-state index >= 15 is 0 Å². The number of aryl methyl sites for hydroxylation is 1. The van der Waals surface area contributed by atoms with Crippen molar-refractivity contribution in [1.82, 2.24) is 0 Å². The van der Waals surface area contributed by atoms with E-state index in [1.807, 2.05) is 12.1 Å². The zero-order chi connectivity index (χ0) is 12.5. The Morgan fingerprint density at radius 3 is 2.59 bits per heavy atom. The normalized spacial score (nSPS) is 15.2. The number of amides is 1. The standard InChI is InChI=1S/C12H12Cl3NO/c13-12(14,15)11(17)16-10-7-3-5-8-4-1-2-6-9(8)10/h3,5,7H,1-2,4,6H2,(H,16,17).